The summed E-state index contributed by atoms with van der Waals surface area (Å²) in [6, 6.07) is 3.82. The lowest BCUT2D eigenvalue weighted by Crippen LogP contribution is -2.02. The normalized spacial score (nSPS) is 11.2. The number of rotatable bonds is 2. The lowest BCUT2D eigenvalue weighted by atomic mass is 10.1. The zero-order valence-electron chi connectivity index (χ0n) is 8.18. The fraction of sp³-hybridized carbons (Fsp3) is 0.0909. The van der Waals surface area contributed by atoms with Crippen LogP contribution >= 0.6 is 0 Å². The number of halogens is 5. The Morgan fingerprint density at radius 2 is 1.65 bits per heavy atom. The molecule has 0 atom stereocenters. The minimum Gasteiger partial charge on any atom is -0.435 e. The van der Waals surface area contributed by atoms with Crippen molar-refractivity contribution in [1.29, 1.82) is 0 Å². The second-order valence-corrected chi connectivity index (χ2v) is 3.25. The summed E-state index contributed by atoms with van der Waals surface area (Å²) in [5.74, 6) is -4.59. The SMILES string of the molecule is Fc1cc2cc(OC(F)F)ccc2c(F)c1F. The van der Waals surface area contributed by atoms with Crippen molar-refractivity contribution < 1.29 is 26.7 Å². The van der Waals surface area contributed by atoms with Crippen molar-refractivity contribution in [3.8, 4) is 5.75 Å². The zero-order valence-corrected chi connectivity index (χ0v) is 8.18. The van der Waals surface area contributed by atoms with Crippen LogP contribution in [0.25, 0.3) is 10.8 Å². The molecule has 0 aliphatic heterocycles. The molecule has 17 heavy (non-hydrogen) atoms. The molecule has 0 heterocycles. The second-order valence-electron chi connectivity index (χ2n) is 3.25. The predicted molar refractivity (Wildman–Crippen MR) is 50.5 cm³/mol. The molecular weight excluding hydrogens is 243 g/mol. The molecule has 0 aromatic heterocycles. The number of benzene rings is 2. The van der Waals surface area contributed by atoms with Crippen LogP contribution in [0, 0.1) is 17.5 Å². The predicted octanol–water partition coefficient (Wildman–Crippen LogP) is 3.86. The molecule has 0 bridgehead atoms. The first-order valence-corrected chi connectivity index (χ1v) is 4.51. The lowest BCUT2D eigenvalue weighted by molar-refractivity contribution is -0.0497. The Morgan fingerprint density at radius 3 is 2.29 bits per heavy atom. The summed E-state index contributed by atoms with van der Waals surface area (Å²) >= 11 is 0. The van der Waals surface area contributed by atoms with Crippen LogP contribution in [0.3, 0.4) is 0 Å². The van der Waals surface area contributed by atoms with Crippen LogP contribution in [0.4, 0.5) is 22.0 Å². The number of hydrogen-bond acceptors (Lipinski definition) is 1. The molecule has 0 saturated carbocycles. The van der Waals surface area contributed by atoms with Gasteiger partial charge in [0.15, 0.2) is 17.5 Å². The quantitative estimate of drug-likeness (QED) is 0.579. The molecule has 0 radical (unpaired) electrons. The van der Waals surface area contributed by atoms with Crippen LogP contribution in [0.1, 0.15) is 0 Å². The summed E-state index contributed by atoms with van der Waals surface area (Å²) < 4.78 is 66.9. The van der Waals surface area contributed by atoms with Gasteiger partial charge in [0.1, 0.15) is 5.75 Å². The fourth-order valence-electron chi connectivity index (χ4n) is 1.46. The van der Waals surface area contributed by atoms with Gasteiger partial charge in [0.25, 0.3) is 0 Å². The average Bonchev–Trinajstić information content (AvgIpc) is 2.25. The Hall–Kier alpha value is -1.85. The van der Waals surface area contributed by atoms with Crippen LogP contribution in [-0.2, 0) is 0 Å². The van der Waals surface area contributed by atoms with Crippen LogP contribution in [0.2, 0.25) is 0 Å². The minimum absolute atomic E-state index is 0.0560. The van der Waals surface area contributed by atoms with E-state index in [0.29, 0.717) is 6.07 Å². The van der Waals surface area contributed by atoms with Crippen molar-refractivity contribution in [2.24, 2.45) is 0 Å². The second kappa shape index (κ2) is 4.20. The first-order valence-electron chi connectivity index (χ1n) is 4.51. The molecule has 0 spiro atoms. The van der Waals surface area contributed by atoms with Gasteiger partial charge in [-0.1, -0.05) is 0 Å². The van der Waals surface area contributed by atoms with E-state index in [1.54, 1.807) is 0 Å². The van der Waals surface area contributed by atoms with Crippen molar-refractivity contribution in [2.45, 2.75) is 6.61 Å². The summed E-state index contributed by atoms with van der Waals surface area (Å²) in [6.07, 6.45) is 0. The number of ether oxygens (including phenoxy) is 1. The van der Waals surface area contributed by atoms with Crippen LogP contribution in [0.15, 0.2) is 24.3 Å². The molecule has 2 rings (SSSR count). The van der Waals surface area contributed by atoms with Crippen LogP contribution in [-0.4, -0.2) is 6.61 Å². The maximum Gasteiger partial charge on any atom is 0.387 e. The van der Waals surface area contributed by atoms with Crippen molar-refractivity contribution in [3.63, 3.8) is 0 Å². The smallest absolute Gasteiger partial charge is 0.387 e. The Bertz CT molecular complexity index is 567. The molecule has 90 valence electrons. The van der Waals surface area contributed by atoms with E-state index in [1.165, 1.54) is 0 Å². The molecule has 0 aliphatic rings. The lowest BCUT2D eigenvalue weighted by Gasteiger charge is -2.07. The van der Waals surface area contributed by atoms with Crippen LogP contribution in [0.5, 0.6) is 5.75 Å². The molecule has 0 unspecified atom stereocenters. The van der Waals surface area contributed by atoms with Gasteiger partial charge in [0.05, 0.1) is 0 Å². The van der Waals surface area contributed by atoms with Gasteiger partial charge in [-0.05, 0) is 29.7 Å². The largest absolute Gasteiger partial charge is 0.435 e. The van der Waals surface area contributed by atoms with Gasteiger partial charge in [-0.2, -0.15) is 8.78 Å². The van der Waals surface area contributed by atoms with Crippen molar-refractivity contribution in [3.05, 3.63) is 41.7 Å². The van der Waals surface area contributed by atoms with Crippen molar-refractivity contribution in [2.75, 3.05) is 0 Å². The fourth-order valence-corrected chi connectivity index (χ4v) is 1.46. The highest BCUT2D eigenvalue weighted by Gasteiger charge is 2.14. The third kappa shape index (κ3) is 2.15. The van der Waals surface area contributed by atoms with Gasteiger partial charge in [-0.3, -0.25) is 0 Å². The van der Waals surface area contributed by atoms with E-state index in [4.69, 9.17) is 0 Å². The van der Waals surface area contributed by atoms with E-state index in [-0.39, 0.29) is 16.5 Å². The zero-order chi connectivity index (χ0) is 12.6. The standard InChI is InChI=1S/C11H5F5O/c12-8-4-5-3-6(17-11(15)16)1-2-7(5)9(13)10(8)14/h1-4,11H. The topological polar surface area (TPSA) is 9.23 Å². The summed E-state index contributed by atoms with van der Waals surface area (Å²) in [4.78, 5) is 0. The van der Waals surface area contributed by atoms with Gasteiger partial charge in [-0.15, -0.1) is 0 Å². The number of hydrogen-bond donors (Lipinski definition) is 0. The average molecular weight is 248 g/mol. The molecular formula is C11H5F5O. The van der Waals surface area contributed by atoms with Gasteiger partial charge in [-0.25, -0.2) is 13.2 Å². The summed E-state index contributed by atoms with van der Waals surface area (Å²) in [5, 5.41) is -0.259. The van der Waals surface area contributed by atoms with E-state index < -0.39 is 24.1 Å². The Kier molecular flexibility index (Phi) is 2.87. The summed E-state index contributed by atoms with van der Waals surface area (Å²) in [5.41, 5.74) is 0. The molecule has 0 saturated heterocycles. The molecule has 6 heteroatoms. The van der Waals surface area contributed by atoms with E-state index >= 15 is 0 Å². The van der Waals surface area contributed by atoms with Crippen molar-refractivity contribution in [1.82, 2.24) is 0 Å². The van der Waals surface area contributed by atoms with E-state index in [1.807, 2.05) is 0 Å². The van der Waals surface area contributed by atoms with E-state index in [9.17, 15) is 22.0 Å². The molecule has 0 aliphatic carbocycles. The van der Waals surface area contributed by atoms with Gasteiger partial charge < -0.3 is 4.74 Å². The Labute approximate surface area is 92.4 Å². The highest BCUT2D eigenvalue weighted by molar-refractivity contribution is 5.84. The summed E-state index contributed by atoms with van der Waals surface area (Å²) in [7, 11) is 0. The van der Waals surface area contributed by atoms with E-state index in [2.05, 4.69) is 4.74 Å². The van der Waals surface area contributed by atoms with Gasteiger partial charge >= 0.3 is 6.61 Å². The Morgan fingerprint density at radius 1 is 0.941 bits per heavy atom. The highest BCUT2D eigenvalue weighted by atomic mass is 19.3. The molecule has 0 N–H and O–H groups in total. The first kappa shape index (κ1) is 11.6. The third-order valence-electron chi connectivity index (χ3n) is 2.17. The van der Waals surface area contributed by atoms with E-state index in [0.717, 1.165) is 18.2 Å². The maximum absolute atomic E-state index is 13.2. The van der Waals surface area contributed by atoms with Crippen molar-refractivity contribution >= 4 is 10.8 Å². The number of alkyl halides is 2. The minimum atomic E-state index is -3.04. The third-order valence-corrected chi connectivity index (χ3v) is 2.17. The Balaban J connectivity index is 2.59. The van der Waals surface area contributed by atoms with Gasteiger partial charge in [0.2, 0.25) is 0 Å². The molecule has 0 fully saturated rings. The first-order chi connectivity index (χ1) is 7.99. The monoisotopic (exact) mass is 248 g/mol. The molecule has 2 aromatic carbocycles. The molecule has 0 amide bonds. The summed E-state index contributed by atoms with van der Waals surface area (Å²) in [6.45, 7) is -3.04. The maximum atomic E-state index is 13.2. The van der Waals surface area contributed by atoms with Crippen LogP contribution < -0.4 is 4.74 Å². The molecule has 1 nitrogen and oxygen atoms in total. The number of fused-ring (bicyclic) bond motifs is 1. The molecule has 2 aromatic rings. The highest BCUT2D eigenvalue weighted by Crippen LogP contribution is 2.27. The van der Waals surface area contributed by atoms with Gasteiger partial charge in [0, 0.05) is 5.39 Å².